The molecule has 1 aromatic rings. The molecule has 0 aliphatic heterocycles. The van der Waals surface area contributed by atoms with Gasteiger partial charge in [0.1, 0.15) is 5.82 Å². The zero-order valence-electron chi connectivity index (χ0n) is 9.62. The van der Waals surface area contributed by atoms with Crippen molar-refractivity contribution in [2.75, 3.05) is 12.4 Å². The van der Waals surface area contributed by atoms with Crippen LogP contribution in [0.5, 0.6) is 0 Å². The minimum Gasteiger partial charge on any atom is -0.465 e. The Balaban J connectivity index is 2.12. The third-order valence-electron chi connectivity index (χ3n) is 3.07. The van der Waals surface area contributed by atoms with Gasteiger partial charge in [-0.1, -0.05) is 0 Å². The van der Waals surface area contributed by atoms with E-state index in [0.717, 1.165) is 18.7 Å². The summed E-state index contributed by atoms with van der Waals surface area (Å²) in [5, 5.41) is 3.36. The molecule has 0 atom stereocenters. The Morgan fingerprint density at radius 3 is 2.88 bits per heavy atom. The molecular weight excluding hydrogens is 204 g/mol. The Hall–Kier alpha value is -1.58. The van der Waals surface area contributed by atoms with Crippen molar-refractivity contribution in [1.82, 2.24) is 4.98 Å². The minimum absolute atomic E-state index is 0.141. The number of carbonyl (C=O) groups is 1. The quantitative estimate of drug-likeness (QED) is 0.793. The lowest BCUT2D eigenvalue weighted by molar-refractivity contribution is 0.0600. The molecule has 1 aliphatic carbocycles. The topological polar surface area (TPSA) is 51.2 Å². The van der Waals surface area contributed by atoms with Gasteiger partial charge in [-0.15, -0.1) is 0 Å². The van der Waals surface area contributed by atoms with Crippen molar-refractivity contribution in [2.24, 2.45) is 0 Å². The first-order chi connectivity index (χ1) is 7.63. The molecule has 2 rings (SSSR count). The van der Waals surface area contributed by atoms with Crippen molar-refractivity contribution in [3.05, 3.63) is 23.9 Å². The number of nitrogens with zero attached hydrogens (tertiary/aromatic N) is 1. The Bertz CT molecular complexity index is 400. The Kier molecular flexibility index (Phi) is 2.81. The number of anilines is 1. The van der Waals surface area contributed by atoms with Crippen LogP contribution >= 0.6 is 0 Å². The molecule has 1 aliphatic rings. The van der Waals surface area contributed by atoms with Crippen LogP contribution in [-0.4, -0.2) is 23.6 Å². The summed E-state index contributed by atoms with van der Waals surface area (Å²) in [6.45, 7) is 2.17. The van der Waals surface area contributed by atoms with E-state index in [1.165, 1.54) is 13.5 Å². The fourth-order valence-corrected chi connectivity index (χ4v) is 1.89. The molecule has 4 heteroatoms. The van der Waals surface area contributed by atoms with Crippen LogP contribution < -0.4 is 5.32 Å². The van der Waals surface area contributed by atoms with Crippen molar-refractivity contribution >= 4 is 11.8 Å². The second-order valence-corrected chi connectivity index (χ2v) is 4.46. The highest BCUT2D eigenvalue weighted by Crippen LogP contribution is 2.34. The first-order valence-electron chi connectivity index (χ1n) is 5.45. The SMILES string of the molecule is COC(=O)c1ccnc(NC2(C)CCC2)c1. The smallest absolute Gasteiger partial charge is 0.338 e. The highest BCUT2D eigenvalue weighted by atomic mass is 16.5. The maximum Gasteiger partial charge on any atom is 0.338 e. The predicted octanol–water partition coefficient (Wildman–Crippen LogP) is 2.22. The molecule has 0 bridgehead atoms. The van der Waals surface area contributed by atoms with Gasteiger partial charge >= 0.3 is 5.97 Å². The van der Waals surface area contributed by atoms with E-state index in [1.54, 1.807) is 18.3 Å². The van der Waals surface area contributed by atoms with E-state index in [-0.39, 0.29) is 11.5 Å². The van der Waals surface area contributed by atoms with Crippen LogP contribution in [0.2, 0.25) is 0 Å². The molecule has 16 heavy (non-hydrogen) atoms. The lowest BCUT2D eigenvalue weighted by atomic mass is 9.78. The zero-order chi connectivity index (χ0) is 11.6. The number of nitrogens with one attached hydrogen (secondary N) is 1. The summed E-state index contributed by atoms with van der Waals surface area (Å²) in [6, 6.07) is 3.38. The van der Waals surface area contributed by atoms with E-state index in [9.17, 15) is 4.79 Å². The van der Waals surface area contributed by atoms with Gasteiger partial charge in [-0.2, -0.15) is 0 Å². The van der Waals surface area contributed by atoms with Crippen molar-refractivity contribution in [1.29, 1.82) is 0 Å². The Morgan fingerprint density at radius 2 is 2.31 bits per heavy atom. The molecule has 0 amide bonds. The molecule has 0 saturated heterocycles. The number of methoxy groups -OCH3 is 1. The van der Waals surface area contributed by atoms with E-state index >= 15 is 0 Å². The largest absolute Gasteiger partial charge is 0.465 e. The van der Waals surface area contributed by atoms with Crippen LogP contribution in [0.25, 0.3) is 0 Å². The summed E-state index contributed by atoms with van der Waals surface area (Å²) in [7, 11) is 1.38. The molecule has 1 heterocycles. The van der Waals surface area contributed by atoms with Gasteiger partial charge in [0.15, 0.2) is 0 Å². The van der Waals surface area contributed by atoms with Crippen LogP contribution in [0, 0.1) is 0 Å². The summed E-state index contributed by atoms with van der Waals surface area (Å²) in [5.74, 6) is 0.411. The predicted molar refractivity (Wildman–Crippen MR) is 61.5 cm³/mol. The summed E-state index contributed by atoms with van der Waals surface area (Å²) < 4.78 is 4.67. The monoisotopic (exact) mass is 220 g/mol. The molecular formula is C12H16N2O2. The summed E-state index contributed by atoms with van der Waals surface area (Å²) >= 11 is 0. The Labute approximate surface area is 95.0 Å². The summed E-state index contributed by atoms with van der Waals surface area (Å²) in [6.07, 6.45) is 5.17. The minimum atomic E-state index is -0.329. The van der Waals surface area contributed by atoms with Gasteiger partial charge in [-0.3, -0.25) is 0 Å². The molecule has 0 radical (unpaired) electrons. The summed E-state index contributed by atoms with van der Waals surface area (Å²) in [5.41, 5.74) is 0.671. The van der Waals surface area contributed by atoms with Crippen molar-refractivity contribution in [3.63, 3.8) is 0 Å². The van der Waals surface area contributed by atoms with Crippen LogP contribution in [0.3, 0.4) is 0 Å². The number of carbonyl (C=O) groups excluding carboxylic acids is 1. The second kappa shape index (κ2) is 4.12. The van der Waals surface area contributed by atoms with Gasteiger partial charge in [0, 0.05) is 11.7 Å². The molecule has 0 aromatic carbocycles. The zero-order valence-corrected chi connectivity index (χ0v) is 9.62. The van der Waals surface area contributed by atoms with Gasteiger partial charge in [0.2, 0.25) is 0 Å². The van der Waals surface area contributed by atoms with Gasteiger partial charge in [-0.25, -0.2) is 9.78 Å². The average Bonchev–Trinajstić information content (AvgIpc) is 2.26. The summed E-state index contributed by atoms with van der Waals surface area (Å²) in [4.78, 5) is 15.5. The maximum atomic E-state index is 11.3. The van der Waals surface area contributed by atoms with Gasteiger partial charge in [0.25, 0.3) is 0 Å². The fourth-order valence-electron chi connectivity index (χ4n) is 1.89. The number of esters is 1. The van der Waals surface area contributed by atoms with Gasteiger partial charge in [-0.05, 0) is 38.3 Å². The first kappa shape index (κ1) is 10.9. The third kappa shape index (κ3) is 2.15. The fraction of sp³-hybridized carbons (Fsp3) is 0.500. The van der Waals surface area contributed by atoms with E-state index in [2.05, 4.69) is 22.0 Å². The van der Waals surface area contributed by atoms with Crippen molar-refractivity contribution in [2.45, 2.75) is 31.7 Å². The lowest BCUT2D eigenvalue weighted by Crippen LogP contribution is -2.41. The van der Waals surface area contributed by atoms with Gasteiger partial charge < -0.3 is 10.1 Å². The molecule has 1 saturated carbocycles. The van der Waals surface area contributed by atoms with E-state index in [4.69, 9.17) is 0 Å². The number of pyridine rings is 1. The number of ether oxygens (including phenoxy) is 1. The van der Waals surface area contributed by atoms with Crippen LogP contribution in [0.15, 0.2) is 18.3 Å². The number of aromatic nitrogens is 1. The standard InChI is InChI=1S/C12H16N2O2/c1-12(5-3-6-12)14-10-8-9(4-7-13-10)11(15)16-2/h4,7-8H,3,5-6H2,1-2H3,(H,13,14). The molecule has 1 fully saturated rings. The maximum absolute atomic E-state index is 11.3. The number of hydrogen-bond donors (Lipinski definition) is 1. The highest BCUT2D eigenvalue weighted by molar-refractivity contribution is 5.90. The second-order valence-electron chi connectivity index (χ2n) is 4.46. The molecule has 1 N–H and O–H groups in total. The number of hydrogen-bond acceptors (Lipinski definition) is 4. The van der Waals surface area contributed by atoms with Crippen LogP contribution in [-0.2, 0) is 4.74 Å². The average molecular weight is 220 g/mol. The van der Waals surface area contributed by atoms with Gasteiger partial charge in [0.05, 0.1) is 12.7 Å². The molecule has 86 valence electrons. The van der Waals surface area contributed by atoms with Crippen molar-refractivity contribution in [3.8, 4) is 0 Å². The number of rotatable bonds is 3. The van der Waals surface area contributed by atoms with Crippen LogP contribution in [0.4, 0.5) is 5.82 Å². The third-order valence-corrected chi connectivity index (χ3v) is 3.07. The molecule has 0 spiro atoms. The highest BCUT2D eigenvalue weighted by Gasteiger charge is 2.31. The lowest BCUT2D eigenvalue weighted by Gasteiger charge is -2.39. The molecule has 4 nitrogen and oxygen atoms in total. The van der Waals surface area contributed by atoms with E-state index in [1.807, 2.05) is 0 Å². The first-order valence-corrected chi connectivity index (χ1v) is 5.45. The molecule has 0 unspecified atom stereocenters. The van der Waals surface area contributed by atoms with E-state index < -0.39 is 0 Å². The van der Waals surface area contributed by atoms with E-state index in [0.29, 0.717) is 5.56 Å². The normalized spacial score (nSPS) is 17.4. The van der Waals surface area contributed by atoms with Crippen molar-refractivity contribution < 1.29 is 9.53 Å². The Morgan fingerprint density at radius 1 is 1.56 bits per heavy atom. The molecule has 1 aromatic heterocycles. The van der Waals surface area contributed by atoms with Crippen LogP contribution in [0.1, 0.15) is 36.5 Å².